The predicted molar refractivity (Wildman–Crippen MR) is 69.9 cm³/mol. The van der Waals surface area contributed by atoms with Gasteiger partial charge in [0.1, 0.15) is 11.5 Å². The highest BCUT2D eigenvalue weighted by Crippen LogP contribution is 2.21. The molecule has 1 atom stereocenters. The Morgan fingerprint density at radius 2 is 2.00 bits per heavy atom. The minimum Gasteiger partial charge on any atom is -0.465 e. The lowest BCUT2D eigenvalue weighted by atomic mass is 9.87. The Labute approximate surface area is 104 Å². The van der Waals surface area contributed by atoms with Crippen molar-refractivity contribution in [3.8, 4) is 0 Å². The topological polar surface area (TPSA) is 36.6 Å². The van der Waals surface area contributed by atoms with Gasteiger partial charge < -0.3 is 9.52 Å². The number of rotatable bonds is 5. The Morgan fingerprint density at radius 3 is 2.47 bits per heavy atom. The highest BCUT2D eigenvalue weighted by molar-refractivity contribution is 5.05. The molecule has 0 saturated heterocycles. The fraction of sp³-hybridized carbons (Fsp3) is 0.714. The van der Waals surface area contributed by atoms with Gasteiger partial charge in [0.05, 0.1) is 12.6 Å². The third kappa shape index (κ3) is 4.92. The molecule has 0 bridgehead atoms. The molecule has 3 heteroatoms. The van der Waals surface area contributed by atoms with E-state index in [4.69, 9.17) is 4.42 Å². The summed E-state index contributed by atoms with van der Waals surface area (Å²) in [5.41, 5.74) is -0.0396. The fourth-order valence-corrected chi connectivity index (χ4v) is 1.69. The smallest absolute Gasteiger partial charge is 0.118 e. The van der Waals surface area contributed by atoms with Crippen molar-refractivity contribution >= 4 is 0 Å². The molecule has 0 fully saturated rings. The average molecular weight is 239 g/mol. The number of aliphatic hydroxyl groups excluding tert-OH is 1. The van der Waals surface area contributed by atoms with Gasteiger partial charge >= 0.3 is 0 Å². The Morgan fingerprint density at radius 1 is 1.35 bits per heavy atom. The maximum absolute atomic E-state index is 9.95. The molecule has 17 heavy (non-hydrogen) atoms. The van der Waals surface area contributed by atoms with Crippen LogP contribution in [0, 0.1) is 12.3 Å². The molecule has 1 heterocycles. The molecule has 98 valence electrons. The van der Waals surface area contributed by atoms with Crippen LogP contribution in [-0.2, 0) is 6.54 Å². The summed E-state index contributed by atoms with van der Waals surface area (Å²) in [4.78, 5) is 2.17. The Hall–Kier alpha value is -0.800. The Kier molecular flexibility index (Phi) is 4.78. The molecule has 1 aromatic rings. The van der Waals surface area contributed by atoms with Gasteiger partial charge in [-0.3, -0.25) is 4.90 Å². The van der Waals surface area contributed by atoms with Crippen molar-refractivity contribution in [3.05, 3.63) is 23.7 Å². The monoisotopic (exact) mass is 239 g/mol. The lowest BCUT2D eigenvalue weighted by molar-refractivity contribution is 0.0468. The van der Waals surface area contributed by atoms with Gasteiger partial charge in [-0.1, -0.05) is 20.8 Å². The van der Waals surface area contributed by atoms with Gasteiger partial charge in [0.15, 0.2) is 0 Å². The van der Waals surface area contributed by atoms with Crippen molar-refractivity contribution in [2.75, 3.05) is 13.6 Å². The fourth-order valence-electron chi connectivity index (χ4n) is 1.69. The maximum Gasteiger partial charge on any atom is 0.118 e. The molecule has 1 rings (SSSR count). The van der Waals surface area contributed by atoms with Crippen LogP contribution in [0.1, 0.15) is 38.7 Å². The van der Waals surface area contributed by atoms with E-state index in [9.17, 15) is 5.11 Å². The van der Waals surface area contributed by atoms with E-state index in [1.165, 1.54) is 0 Å². The first kappa shape index (κ1) is 14.3. The van der Waals surface area contributed by atoms with Gasteiger partial charge in [0.2, 0.25) is 0 Å². The van der Waals surface area contributed by atoms with E-state index in [1.807, 2.05) is 26.1 Å². The number of aryl methyl sites for hydroxylation is 1. The van der Waals surface area contributed by atoms with E-state index in [0.717, 1.165) is 31.0 Å². The van der Waals surface area contributed by atoms with E-state index < -0.39 is 0 Å². The maximum atomic E-state index is 9.95. The number of aliphatic hydroxyl groups is 1. The lowest BCUT2D eigenvalue weighted by Crippen LogP contribution is -2.30. The summed E-state index contributed by atoms with van der Waals surface area (Å²) >= 11 is 0. The number of hydrogen-bond donors (Lipinski definition) is 1. The van der Waals surface area contributed by atoms with Gasteiger partial charge in [0.25, 0.3) is 0 Å². The third-order valence-corrected chi connectivity index (χ3v) is 3.01. The van der Waals surface area contributed by atoms with Gasteiger partial charge in [-0.15, -0.1) is 0 Å². The van der Waals surface area contributed by atoms with Crippen LogP contribution in [0.3, 0.4) is 0 Å². The van der Waals surface area contributed by atoms with Crippen LogP contribution >= 0.6 is 0 Å². The first-order valence-electron chi connectivity index (χ1n) is 6.21. The lowest BCUT2D eigenvalue weighted by Gasteiger charge is -2.27. The SMILES string of the molecule is Cc1ccc(CN(C)CCC(O)C(C)(C)C)o1. The van der Waals surface area contributed by atoms with E-state index >= 15 is 0 Å². The molecule has 0 aliphatic heterocycles. The summed E-state index contributed by atoms with van der Waals surface area (Å²) in [6.45, 7) is 9.81. The van der Waals surface area contributed by atoms with Crippen molar-refractivity contribution in [1.29, 1.82) is 0 Å². The van der Waals surface area contributed by atoms with Crippen molar-refractivity contribution in [1.82, 2.24) is 4.90 Å². The van der Waals surface area contributed by atoms with Crippen LogP contribution < -0.4 is 0 Å². The van der Waals surface area contributed by atoms with Crippen LogP contribution in [0.15, 0.2) is 16.5 Å². The van der Waals surface area contributed by atoms with Crippen LogP contribution in [0.25, 0.3) is 0 Å². The quantitative estimate of drug-likeness (QED) is 0.858. The van der Waals surface area contributed by atoms with Crippen LogP contribution in [0.4, 0.5) is 0 Å². The molecule has 0 aliphatic carbocycles. The average Bonchev–Trinajstić information content (AvgIpc) is 2.58. The second-order valence-corrected chi connectivity index (χ2v) is 5.92. The Bertz CT molecular complexity index is 338. The molecular weight excluding hydrogens is 214 g/mol. The summed E-state index contributed by atoms with van der Waals surface area (Å²) in [5.74, 6) is 1.93. The van der Waals surface area contributed by atoms with E-state index in [2.05, 4.69) is 25.7 Å². The largest absolute Gasteiger partial charge is 0.465 e. The molecular formula is C14H25NO2. The van der Waals surface area contributed by atoms with Gasteiger partial charge in [-0.25, -0.2) is 0 Å². The minimum atomic E-state index is -0.261. The summed E-state index contributed by atoms with van der Waals surface area (Å²) in [7, 11) is 2.05. The van der Waals surface area contributed by atoms with Crippen molar-refractivity contribution in [3.63, 3.8) is 0 Å². The van der Waals surface area contributed by atoms with E-state index in [1.54, 1.807) is 0 Å². The van der Waals surface area contributed by atoms with E-state index in [0.29, 0.717) is 0 Å². The van der Waals surface area contributed by atoms with Crippen LogP contribution in [0.5, 0.6) is 0 Å². The number of furan rings is 1. The first-order chi connectivity index (χ1) is 7.79. The van der Waals surface area contributed by atoms with Gasteiger partial charge in [0, 0.05) is 6.54 Å². The molecule has 3 nitrogen and oxygen atoms in total. The van der Waals surface area contributed by atoms with Crippen molar-refractivity contribution in [2.45, 2.75) is 46.8 Å². The highest BCUT2D eigenvalue weighted by atomic mass is 16.3. The third-order valence-electron chi connectivity index (χ3n) is 3.01. The zero-order chi connectivity index (χ0) is 13.1. The first-order valence-corrected chi connectivity index (χ1v) is 6.21. The molecule has 1 unspecified atom stereocenters. The van der Waals surface area contributed by atoms with E-state index in [-0.39, 0.29) is 11.5 Å². The summed E-state index contributed by atoms with van der Waals surface area (Å²) in [6.07, 6.45) is 0.531. The molecule has 0 saturated carbocycles. The summed E-state index contributed by atoms with van der Waals surface area (Å²) < 4.78 is 5.52. The summed E-state index contributed by atoms with van der Waals surface area (Å²) in [6, 6.07) is 3.99. The normalized spacial score (nSPS) is 14.3. The molecule has 0 radical (unpaired) electrons. The number of nitrogens with zero attached hydrogens (tertiary/aromatic N) is 1. The minimum absolute atomic E-state index is 0.0396. The highest BCUT2D eigenvalue weighted by Gasteiger charge is 2.22. The summed E-state index contributed by atoms with van der Waals surface area (Å²) in [5, 5.41) is 9.95. The van der Waals surface area contributed by atoms with Crippen LogP contribution in [-0.4, -0.2) is 29.7 Å². The zero-order valence-electron chi connectivity index (χ0n) is 11.7. The predicted octanol–water partition coefficient (Wildman–Crippen LogP) is 2.82. The molecule has 0 aromatic carbocycles. The number of hydrogen-bond acceptors (Lipinski definition) is 3. The van der Waals surface area contributed by atoms with Crippen LogP contribution in [0.2, 0.25) is 0 Å². The molecule has 1 N–H and O–H groups in total. The van der Waals surface area contributed by atoms with Gasteiger partial charge in [-0.2, -0.15) is 0 Å². The second-order valence-electron chi connectivity index (χ2n) is 5.92. The molecule has 0 amide bonds. The second kappa shape index (κ2) is 5.69. The molecule has 0 aliphatic rings. The Balaban J connectivity index is 2.33. The molecule has 0 spiro atoms. The zero-order valence-corrected chi connectivity index (χ0v) is 11.7. The van der Waals surface area contributed by atoms with Crippen molar-refractivity contribution < 1.29 is 9.52 Å². The standard InChI is InChI=1S/C14H25NO2/c1-11-6-7-12(17-11)10-15(5)9-8-13(16)14(2,3)4/h6-7,13,16H,8-10H2,1-5H3. The van der Waals surface area contributed by atoms with Crippen molar-refractivity contribution in [2.24, 2.45) is 5.41 Å². The van der Waals surface area contributed by atoms with Gasteiger partial charge in [-0.05, 0) is 37.9 Å². The molecule has 1 aromatic heterocycles.